The van der Waals surface area contributed by atoms with Crippen LogP contribution in [0, 0.1) is 5.92 Å². The monoisotopic (exact) mass is 338 g/mol. The lowest BCUT2D eigenvalue weighted by Crippen LogP contribution is -2.45. The number of nitrogens with one attached hydrogen (secondary N) is 1. The Balaban J connectivity index is 2.82. The molecule has 0 bridgehead atoms. The molecule has 1 saturated heterocycles. The van der Waals surface area contributed by atoms with E-state index in [2.05, 4.69) is 30.6 Å². The highest BCUT2D eigenvalue weighted by molar-refractivity contribution is 6.32. The Morgan fingerprint density at radius 1 is 1.32 bits per heavy atom. The molecule has 0 amide bonds. The average Bonchev–Trinajstić information content (AvgIpc) is 2.44. The topological polar surface area (TPSA) is 15.3 Å². The van der Waals surface area contributed by atoms with E-state index in [0.29, 0.717) is 24.1 Å². The summed E-state index contributed by atoms with van der Waals surface area (Å²) in [5.41, 5.74) is -0.426. The first-order valence-corrected chi connectivity index (χ1v) is 8.07. The van der Waals surface area contributed by atoms with Crippen LogP contribution >= 0.6 is 11.6 Å². The molecule has 0 atom stereocenters. The van der Waals surface area contributed by atoms with Crippen molar-refractivity contribution in [2.45, 2.75) is 45.8 Å². The molecule has 1 aliphatic heterocycles. The molecule has 1 aliphatic rings. The third-order valence-electron chi connectivity index (χ3n) is 3.88. The van der Waals surface area contributed by atoms with E-state index >= 15 is 0 Å². The Morgan fingerprint density at radius 3 is 2.32 bits per heavy atom. The molecular weight excluding hydrogens is 313 g/mol. The van der Waals surface area contributed by atoms with Gasteiger partial charge >= 0.3 is 6.18 Å². The average molecular weight is 339 g/mol. The Labute approximate surface area is 136 Å². The first kappa shape index (κ1) is 19.5. The summed E-state index contributed by atoms with van der Waals surface area (Å²) in [5, 5.41) is 3.05. The number of piperidine rings is 1. The Kier molecular flexibility index (Phi) is 7.42. The largest absolute Gasteiger partial charge is 0.413 e. The molecule has 0 spiro atoms. The Bertz CT molecular complexity index is 410. The van der Waals surface area contributed by atoms with Gasteiger partial charge in [-0.15, -0.1) is 0 Å². The van der Waals surface area contributed by atoms with Gasteiger partial charge in [-0.05, 0) is 44.3 Å². The highest BCUT2D eigenvalue weighted by Gasteiger charge is 2.33. The summed E-state index contributed by atoms with van der Waals surface area (Å²) in [5.74, 6) is 0.439. The third kappa shape index (κ3) is 5.94. The van der Waals surface area contributed by atoms with Gasteiger partial charge in [-0.3, -0.25) is 4.90 Å². The molecule has 0 unspecified atom stereocenters. The fourth-order valence-electron chi connectivity index (χ4n) is 2.69. The van der Waals surface area contributed by atoms with Crippen LogP contribution < -0.4 is 5.32 Å². The van der Waals surface area contributed by atoms with Gasteiger partial charge < -0.3 is 5.32 Å². The van der Waals surface area contributed by atoms with E-state index in [0.717, 1.165) is 39.4 Å². The summed E-state index contributed by atoms with van der Waals surface area (Å²) in [6.07, 6.45) is -2.41. The molecule has 0 aromatic rings. The van der Waals surface area contributed by atoms with Crippen LogP contribution in [0.2, 0.25) is 0 Å². The van der Waals surface area contributed by atoms with Crippen molar-refractivity contribution in [3.63, 3.8) is 0 Å². The quantitative estimate of drug-likeness (QED) is 0.725. The van der Waals surface area contributed by atoms with Crippen molar-refractivity contribution in [2.24, 2.45) is 5.92 Å². The maximum atomic E-state index is 12.8. The van der Waals surface area contributed by atoms with Crippen molar-refractivity contribution in [3.05, 3.63) is 22.8 Å². The maximum Gasteiger partial charge on any atom is 0.413 e. The van der Waals surface area contributed by atoms with Crippen molar-refractivity contribution >= 4 is 11.6 Å². The Hall–Kier alpha value is -0.520. The number of nitrogens with zero attached hydrogens (tertiary/aromatic N) is 1. The van der Waals surface area contributed by atoms with E-state index in [1.54, 1.807) is 0 Å². The smallest absolute Gasteiger partial charge is 0.317 e. The molecule has 1 fully saturated rings. The zero-order valence-electron chi connectivity index (χ0n) is 13.6. The van der Waals surface area contributed by atoms with Crippen molar-refractivity contribution in [2.75, 3.05) is 26.2 Å². The van der Waals surface area contributed by atoms with E-state index in [1.165, 1.54) is 0 Å². The van der Waals surface area contributed by atoms with E-state index in [1.807, 2.05) is 0 Å². The molecule has 1 N–H and O–H groups in total. The molecular formula is C16H26ClF3N2. The molecule has 22 heavy (non-hydrogen) atoms. The van der Waals surface area contributed by atoms with Gasteiger partial charge in [0.05, 0.1) is 5.03 Å². The minimum atomic E-state index is -4.41. The van der Waals surface area contributed by atoms with Gasteiger partial charge in [-0.2, -0.15) is 13.2 Å². The standard InChI is InChI=1S/C16H26ClF3N2/c1-11(2)9-22(14-5-7-21-8-6-14)10-12(3)15(17)13(4)16(18,19)20/h11,14,21H,3,5-10H2,1-2,4H3/b15-13-. The number of hydrogen-bond donors (Lipinski definition) is 1. The van der Waals surface area contributed by atoms with Crippen molar-refractivity contribution in [1.29, 1.82) is 0 Å². The van der Waals surface area contributed by atoms with Crippen molar-refractivity contribution in [3.8, 4) is 0 Å². The minimum Gasteiger partial charge on any atom is -0.317 e. The fraction of sp³-hybridized carbons (Fsp3) is 0.750. The van der Waals surface area contributed by atoms with Crippen LogP contribution in [0.5, 0.6) is 0 Å². The van der Waals surface area contributed by atoms with E-state index in [9.17, 15) is 13.2 Å². The van der Waals surface area contributed by atoms with Crippen molar-refractivity contribution in [1.82, 2.24) is 10.2 Å². The van der Waals surface area contributed by atoms with Crippen LogP contribution in [0.3, 0.4) is 0 Å². The van der Waals surface area contributed by atoms with E-state index < -0.39 is 11.7 Å². The highest BCUT2D eigenvalue weighted by Crippen LogP contribution is 2.32. The van der Waals surface area contributed by atoms with E-state index in [4.69, 9.17) is 11.6 Å². The summed E-state index contributed by atoms with van der Waals surface area (Å²) in [7, 11) is 0. The van der Waals surface area contributed by atoms with Crippen LogP contribution in [0.4, 0.5) is 13.2 Å². The zero-order valence-corrected chi connectivity index (χ0v) is 14.3. The van der Waals surface area contributed by atoms with Crippen LogP contribution in [-0.2, 0) is 0 Å². The number of halogens is 4. The fourth-order valence-corrected chi connectivity index (χ4v) is 2.85. The second-order valence-corrected chi connectivity index (χ2v) is 6.72. The zero-order chi connectivity index (χ0) is 16.9. The van der Waals surface area contributed by atoms with Gasteiger partial charge in [0.25, 0.3) is 0 Å². The first-order chi connectivity index (χ1) is 10.1. The predicted octanol–water partition coefficient (Wildman–Crippen LogP) is 4.33. The Morgan fingerprint density at radius 2 is 1.86 bits per heavy atom. The molecule has 6 heteroatoms. The lowest BCUT2D eigenvalue weighted by atomic mass is 10.0. The number of alkyl halides is 3. The lowest BCUT2D eigenvalue weighted by Gasteiger charge is -2.36. The molecule has 0 radical (unpaired) electrons. The van der Waals surface area contributed by atoms with Crippen LogP contribution in [0.25, 0.3) is 0 Å². The van der Waals surface area contributed by atoms with Crippen LogP contribution in [0.1, 0.15) is 33.6 Å². The molecule has 0 aromatic heterocycles. The lowest BCUT2D eigenvalue weighted by molar-refractivity contribution is -0.0916. The van der Waals surface area contributed by atoms with Gasteiger partial charge in [0.1, 0.15) is 0 Å². The molecule has 1 rings (SSSR count). The third-order valence-corrected chi connectivity index (χ3v) is 4.43. The van der Waals surface area contributed by atoms with Crippen LogP contribution in [0.15, 0.2) is 22.8 Å². The molecule has 0 aromatic carbocycles. The number of allylic oxidation sites excluding steroid dienone is 1. The normalized spacial score (nSPS) is 18.8. The van der Waals surface area contributed by atoms with Gasteiger partial charge in [-0.1, -0.05) is 32.0 Å². The van der Waals surface area contributed by atoms with Crippen molar-refractivity contribution < 1.29 is 13.2 Å². The summed E-state index contributed by atoms with van der Waals surface area (Å²) in [6.45, 7) is 12.1. The highest BCUT2D eigenvalue weighted by atomic mass is 35.5. The van der Waals surface area contributed by atoms with Gasteiger partial charge in [-0.25, -0.2) is 0 Å². The number of hydrogen-bond acceptors (Lipinski definition) is 2. The van der Waals surface area contributed by atoms with Gasteiger partial charge in [0, 0.05) is 24.7 Å². The summed E-state index contributed by atoms with van der Waals surface area (Å²) >= 11 is 5.91. The van der Waals surface area contributed by atoms with Gasteiger partial charge in [0.15, 0.2) is 0 Å². The summed E-state index contributed by atoms with van der Waals surface area (Å²) < 4.78 is 38.3. The maximum absolute atomic E-state index is 12.8. The summed E-state index contributed by atoms with van der Waals surface area (Å²) in [6, 6.07) is 0.371. The second kappa shape index (κ2) is 8.37. The van der Waals surface area contributed by atoms with Gasteiger partial charge in [0.2, 0.25) is 0 Å². The SMILES string of the molecule is C=C(CN(CC(C)C)C1CCNCC1)/C(Cl)=C(\C)C(F)(F)F. The molecule has 128 valence electrons. The predicted molar refractivity (Wildman–Crippen MR) is 86.1 cm³/mol. The molecule has 0 aliphatic carbocycles. The minimum absolute atomic E-state index is 0.254. The second-order valence-electron chi connectivity index (χ2n) is 6.34. The molecule has 0 saturated carbocycles. The molecule has 1 heterocycles. The van der Waals surface area contributed by atoms with Crippen LogP contribution in [-0.4, -0.2) is 43.3 Å². The number of rotatable bonds is 6. The first-order valence-electron chi connectivity index (χ1n) is 7.69. The van der Waals surface area contributed by atoms with E-state index in [-0.39, 0.29) is 5.03 Å². The summed E-state index contributed by atoms with van der Waals surface area (Å²) in [4.78, 5) is 2.22. The molecule has 2 nitrogen and oxygen atoms in total.